The summed E-state index contributed by atoms with van der Waals surface area (Å²) in [6.45, 7) is 12.3. The van der Waals surface area contributed by atoms with Crippen molar-refractivity contribution in [1.29, 1.82) is 0 Å². The fraction of sp³-hybridized carbons (Fsp3) is 1.00. The fourth-order valence-corrected chi connectivity index (χ4v) is 3.50. The molecule has 2 fully saturated rings. The zero-order valence-electron chi connectivity index (χ0n) is 10.2. The van der Waals surface area contributed by atoms with E-state index in [1.54, 1.807) is 0 Å². The molecule has 1 heterocycles. The Labute approximate surface area is 88.7 Å². The Morgan fingerprint density at radius 3 is 2.29 bits per heavy atom. The molecule has 0 radical (unpaired) electrons. The number of piperidine rings is 1. The highest BCUT2D eigenvalue weighted by Crippen LogP contribution is 2.64. The minimum Gasteiger partial charge on any atom is -0.316 e. The first kappa shape index (κ1) is 10.5. The van der Waals surface area contributed by atoms with Gasteiger partial charge in [-0.25, -0.2) is 0 Å². The molecule has 82 valence electrons. The lowest BCUT2D eigenvalue weighted by Gasteiger charge is -2.49. The first-order valence-electron chi connectivity index (χ1n) is 6.20. The van der Waals surface area contributed by atoms with Gasteiger partial charge in [0.1, 0.15) is 0 Å². The average molecular weight is 195 g/mol. The third-order valence-electron chi connectivity index (χ3n) is 5.19. The van der Waals surface area contributed by atoms with Crippen LogP contribution >= 0.6 is 0 Å². The van der Waals surface area contributed by atoms with Crippen LogP contribution in [0, 0.1) is 22.7 Å². The van der Waals surface area contributed by atoms with E-state index >= 15 is 0 Å². The maximum absolute atomic E-state index is 3.57. The average Bonchev–Trinajstić information content (AvgIpc) is 2.85. The molecular weight excluding hydrogens is 170 g/mol. The van der Waals surface area contributed by atoms with Crippen molar-refractivity contribution in [2.24, 2.45) is 22.7 Å². The predicted octanol–water partition coefficient (Wildman–Crippen LogP) is 3.06. The van der Waals surface area contributed by atoms with Crippen LogP contribution in [0.15, 0.2) is 0 Å². The Bertz CT molecular complexity index is 217. The molecule has 0 spiro atoms. The van der Waals surface area contributed by atoms with E-state index in [4.69, 9.17) is 0 Å². The van der Waals surface area contributed by atoms with Crippen molar-refractivity contribution in [2.75, 3.05) is 13.1 Å². The lowest BCUT2D eigenvalue weighted by atomic mass is 9.59. The van der Waals surface area contributed by atoms with Crippen LogP contribution in [0.4, 0.5) is 0 Å². The largest absolute Gasteiger partial charge is 0.316 e. The molecule has 0 bridgehead atoms. The van der Waals surface area contributed by atoms with E-state index in [9.17, 15) is 0 Å². The van der Waals surface area contributed by atoms with Crippen molar-refractivity contribution in [3.63, 3.8) is 0 Å². The lowest BCUT2D eigenvalue weighted by Crippen LogP contribution is -2.49. The smallest absolute Gasteiger partial charge is 0.00126 e. The van der Waals surface area contributed by atoms with Crippen LogP contribution < -0.4 is 5.32 Å². The van der Waals surface area contributed by atoms with Crippen LogP contribution in [-0.4, -0.2) is 13.1 Å². The summed E-state index contributed by atoms with van der Waals surface area (Å²) in [5, 5.41) is 3.57. The third-order valence-corrected chi connectivity index (χ3v) is 5.19. The van der Waals surface area contributed by atoms with Gasteiger partial charge >= 0.3 is 0 Å². The molecule has 14 heavy (non-hydrogen) atoms. The van der Waals surface area contributed by atoms with Gasteiger partial charge in [0.05, 0.1) is 0 Å². The van der Waals surface area contributed by atoms with Gasteiger partial charge in [0, 0.05) is 0 Å². The van der Waals surface area contributed by atoms with Gasteiger partial charge in [0.25, 0.3) is 0 Å². The second kappa shape index (κ2) is 3.23. The number of hydrogen-bond acceptors (Lipinski definition) is 1. The van der Waals surface area contributed by atoms with Crippen molar-refractivity contribution >= 4 is 0 Å². The summed E-state index contributed by atoms with van der Waals surface area (Å²) in [5.74, 6) is 1.70. The van der Waals surface area contributed by atoms with E-state index < -0.39 is 0 Å². The molecule has 1 nitrogen and oxygen atoms in total. The molecule has 0 aromatic rings. The summed E-state index contributed by atoms with van der Waals surface area (Å²) >= 11 is 0. The third kappa shape index (κ3) is 1.41. The van der Waals surface area contributed by atoms with Crippen LogP contribution in [0.3, 0.4) is 0 Å². The van der Waals surface area contributed by atoms with Crippen LogP contribution in [0.25, 0.3) is 0 Å². The van der Waals surface area contributed by atoms with Gasteiger partial charge in [-0.15, -0.1) is 0 Å². The van der Waals surface area contributed by atoms with E-state index in [1.165, 1.54) is 32.4 Å². The van der Waals surface area contributed by atoms with E-state index in [2.05, 4.69) is 33.0 Å². The van der Waals surface area contributed by atoms with Crippen LogP contribution in [-0.2, 0) is 0 Å². The zero-order valence-corrected chi connectivity index (χ0v) is 10.2. The first-order chi connectivity index (χ1) is 6.50. The molecule has 2 rings (SSSR count). The van der Waals surface area contributed by atoms with Gasteiger partial charge in [-0.2, -0.15) is 0 Å². The Hall–Kier alpha value is -0.0400. The van der Waals surface area contributed by atoms with E-state index in [1.807, 2.05) is 0 Å². The molecule has 0 aromatic heterocycles. The molecule has 1 saturated heterocycles. The molecular formula is C13H25N. The Morgan fingerprint density at radius 1 is 1.14 bits per heavy atom. The van der Waals surface area contributed by atoms with Crippen LogP contribution in [0.5, 0.6) is 0 Å². The molecule has 1 aliphatic carbocycles. The first-order valence-corrected chi connectivity index (χ1v) is 6.20. The highest BCUT2D eigenvalue weighted by molar-refractivity contribution is 5.07. The molecule has 2 aliphatic rings. The van der Waals surface area contributed by atoms with Crippen molar-refractivity contribution in [3.05, 3.63) is 0 Å². The van der Waals surface area contributed by atoms with Gasteiger partial charge in [0.15, 0.2) is 0 Å². The van der Waals surface area contributed by atoms with Gasteiger partial charge in [-0.05, 0) is 55.0 Å². The fourth-order valence-electron chi connectivity index (χ4n) is 3.50. The summed E-state index contributed by atoms with van der Waals surface area (Å²) in [7, 11) is 0. The topological polar surface area (TPSA) is 12.0 Å². The monoisotopic (exact) mass is 195 g/mol. The number of hydrogen-bond donors (Lipinski definition) is 1. The van der Waals surface area contributed by atoms with Crippen LogP contribution in [0.1, 0.15) is 47.0 Å². The summed E-state index contributed by atoms with van der Waals surface area (Å²) in [4.78, 5) is 0. The summed E-state index contributed by atoms with van der Waals surface area (Å²) in [6, 6.07) is 0. The second-order valence-corrected chi connectivity index (χ2v) is 6.28. The summed E-state index contributed by atoms with van der Waals surface area (Å²) in [6.07, 6.45) is 4.31. The van der Waals surface area contributed by atoms with Gasteiger partial charge in [-0.3, -0.25) is 0 Å². The summed E-state index contributed by atoms with van der Waals surface area (Å²) in [5.41, 5.74) is 1.27. The quantitative estimate of drug-likeness (QED) is 0.714. The predicted molar refractivity (Wildman–Crippen MR) is 61.3 cm³/mol. The van der Waals surface area contributed by atoms with Crippen molar-refractivity contribution < 1.29 is 0 Å². The van der Waals surface area contributed by atoms with Crippen molar-refractivity contribution in [3.8, 4) is 0 Å². The molecule has 2 atom stereocenters. The van der Waals surface area contributed by atoms with Gasteiger partial charge in [0.2, 0.25) is 0 Å². The zero-order chi connectivity index (χ0) is 10.4. The Balaban J connectivity index is 2.20. The van der Waals surface area contributed by atoms with E-state index in [0.29, 0.717) is 10.8 Å². The Kier molecular flexibility index (Phi) is 2.42. The van der Waals surface area contributed by atoms with Gasteiger partial charge < -0.3 is 5.32 Å². The highest BCUT2D eigenvalue weighted by Gasteiger charge is 2.56. The Morgan fingerprint density at radius 2 is 1.79 bits per heavy atom. The van der Waals surface area contributed by atoms with Crippen molar-refractivity contribution in [2.45, 2.75) is 47.0 Å². The maximum Gasteiger partial charge on any atom is -0.00126 e. The van der Waals surface area contributed by atoms with Gasteiger partial charge in [-0.1, -0.05) is 27.7 Å². The second-order valence-electron chi connectivity index (χ2n) is 6.28. The molecule has 0 aromatic carbocycles. The normalized spacial score (nSPS) is 41.4. The molecule has 1 saturated carbocycles. The standard InChI is InChI=1S/C13H25N/c1-10(2)11-9-14-8-7-13(11,4)12(3)5-6-12/h10-11,14H,5-9H2,1-4H3. The molecule has 1 aliphatic heterocycles. The van der Waals surface area contributed by atoms with Crippen molar-refractivity contribution in [1.82, 2.24) is 5.32 Å². The van der Waals surface area contributed by atoms with E-state index in [-0.39, 0.29) is 0 Å². The van der Waals surface area contributed by atoms with E-state index in [0.717, 1.165) is 11.8 Å². The molecule has 0 amide bonds. The lowest BCUT2D eigenvalue weighted by molar-refractivity contribution is 0.0196. The highest BCUT2D eigenvalue weighted by atomic mass is 14.9. The molecule has 2 unspecified atom stereocenters. The number of nitrogens with one attached hydrogen (secondary N) is 1. The number of rotatable bonds is 2. The SMILES string of the molecule is CC(C)C1CNCCC1(C)C1(C)CC1. The summed E-state index contributed by atoms with van der Waals surface area (Å²) < 4.78 is 0. The minimum atomic E-state index is 0.604. The molecule has 1 N–H and O–H groups in total. The molecule has 1 heteroatoms. The maximum atomic E-state index is 3.57. The minimum absolute atomic E-state index is 0.604. The van der Waals surface area contributed by atoms with Crippen LogP contribution in [0.2, 0.25) is 0 Å².